The smallest absolute Gasteiger partial charge is 0.169 e. The molecule has 0 fully saturated rings. The van der Waals surface area contributed by atoms with Gasteiger partial charge in [0.1, 0.15) is 11.7 Å². The molecule has 0 radical (unpaired) electrons. The lowest BCUT2D eigenvalue weighted by molar-refractivity contribution is -0.116. The summed E-state index contributed by atoms with van der Waals surface area (Å²) in [4.78, 5) is 15.3. The summed E-state index contributed by atoms with van der Waals surface area (Å²) < 4.78 is 21.9. The van der Waals surface area contributed by atoms with Crippen LogP contribution in [0.25, 0.3) is 0 Å². The molecule has 1 unspecified atom stereocenters. The summed E-state index contributed by atoms with van der Waals surface area (Å²) in [6, 6.07) is 4.84. The average Bonchev–Trinajstić information content (AvgIpc) is 2.17. The Balaban J connectivity index is 2.94. The Labute approximate surface area is 93.7 Å². The fraction of sp³-hybridized carbons (Fsp3) is 0.300. The molecule has 0 saturated carbocycles. The van der Waals surface area contributed by atoms with Gasteiger partial charge < -0.3 is 0 Å². The number of hydrogen-bond acceptors (Lipinski definition) is 5. The lowest BCUT2D eigenvalue weighted by Crippen LogP contribution is -2.20. The van der Waals surface area contributed by atoms with Crippen LogP contribution in [-0.4, -0.2) is 31.2 Å². The molecule has 0 aliphatic carbocycles. The minimum absolute atomic E-state index is 0.464. The third-order valence-electron chi connectivity index (χ3n) is 1.89. The maximum Gasteiger partial charge on any atom is 0.169 e. The van der Waals surface area contributed by atoms with Gasteiger partial charge in [-0.3, -0.25) is 9.78 Å². The van der Waals surface area contributed by atoms with Crippen molar-refractivity contribution in [1.82, 2.24) is 4.98 Å². The van der Waals surface area contributed by atoms with Crippen molar-refractivity contribution in [2.24, 2.45) is 0 Å². The first kappa shape index (κ1) is 12.3. The third-order valence-corrected chi connectivity index (χ3v) is 2.70. The van der Waals surface area contributed by atoms with Gasteiger partial charge in [0.05, 0.1) is 6.07 Å². The van der Waals surface area contributed by atoms with Gasteiger partial charge in [-0.15, -0.1) is 0 Å². The molecule has 0 amide bonds. The van der Waals surface area contributed by atoms with E-state index >= 15 is 0 Å². The number of nitriles is 1. The second-order valence-electron chi connectivity index (χ2n) is 3.38. The lowest BCUT2D eigenvalue weighted by atomic mass is 9.98. The number of nitrogens with zero attached hydrogens (tertiary/aromatic N) is 2. The van der Waals surface area contributed by atoms with Crippen LogP contribution in [0.3, 0.4) is 0 Å². The Kier molecular flexibility index (Phi) is 3.74. The molecule has 1 heterocycles. The highest BCUT2D eigenvalue weighted by Gasteiger charge is 2.23. The first-order valence-corrected chi connectivity index (χ1v) is 6.50. The van der Waals surface area contributed by atoms with Crippen molar-refractivity contribution in [1.29, 1.82) is 5.26 Å². The van der Waals surface area contributed by atoms with E-state index in [9.17, 15) is 13.2 Å². The summed E-state index contributed by atoms with van der Waals surface area (Å²) in [5.74, 6) is -2.28. The van der Waals surface area contributed by atoms with E-state index in [2.05, 4.69) is 4.98 Å². The Morgan fingerprint density at radius 1 is 1.50 bits per heavy atom. The SMILES string of the molecule is CS(=O)(=O)CC(=O)C(C#N)c1ccncc1. The molecule has 0 aliphatic heterocycles. The summed E-state index contributed by atoms with van der Waals surface area (Å²) in [6.07, 6.45) is 3.87. The van der Waals surface area contributed by atoms with Crippen molar-refractivity contribution in [2.75, 3.05) is 12.0 Å². The molecular formula is C10H10N2O3S. The summed E-state index contributed by atoms with van der Waals surface area (Å²) >= 11 is 0. The van der Waals surface area contributed by atoms with Gasteiger partial charge in [-0.2, -0.15) is 5.26 Å². The van der Waals surface area contributed by atoms with E-state index in [0.29, 0.717) is 5.56 Å². The second kappa shape index (κ2) is 4.86. The summed E-state index contributed by atoms with van der Waals surface area (Å²) in [5.41, 5.74) is 0.464. The number of carbonyl (C=O) groups is 1. The molecule has 1 aromatic rings. The van der Waals surface area contributed by atoms with Gasteiger partial charge in [0.15, 0.2) is 15.6 Å². The number of hydrogen-bond donors (Lipinski definition) is 0. The van der Waals surface area contributed by atoms with Crippen LogP contribution in [0, 0.1) is 11.3 Å². The Morgan fingerprint density at radius 3 is 2.50 bits per heavy atom. The second-order valence-corrected chi connectivity index (χ2v) is 5.52. The molecule has 84 valence electrons. The minimum Gasteiger partial charge on any atom is -0.297 e. The van der Waals surface area contributed by atoms with Gasteiger partial charge in [0.2, 0.25) is 0 Å². The van der Waals surface area contributed by atoms with E-state index in [4.69, 9.17) is 5.26 Å². The van der Waals surface area contributed by atoms with Crippen LogP contribution < -0.4 is 0 Å². The van der Waals surface area contributed by atoms with Crippen molar-refractivity contribution < 1.29 is 13.2 Å². The fourth-order valence-corrected chi connectivity index (χ4v) is 1.91. The number of ketones is 1. The van der Waals surface area contributed by atoms with E-state index < -0.39 is 27.3 Å². The molecule has 0 N–H and O–H groups in total. The number of carbonyl (C=O) groups excluding carboxylic acids is 1. The van der Waals surface area contributed by atoms with Crippen molar-refractivity contribution >= 4 is 15.6 Å². The topological polar surface area (TPSA) is 87.9 Å². The van der Waals surface area contributed by atoms with E-state index in [1.54, 1.807) is 6.07 Å². The predicted molar refractivity (Wildman–Crippen MR) is 57.3 cm³/mol. The Morgan fingerprint density at radius 2 is 2.06 bits per heavy atom. The summed E-state index contributed by atoms with van der Waals surface area (Å²) in [5, 5.41) is 8.86. The number of rotatable bonds is 4. The van der Waals surface area contributed by atoms with E-state index in [-0.39, 0.29) is 0 Å². The quantitative estimate of drug-likeness (QED) is 0.752. The van der Waals surface area contributed by atoms with Crippen LogP contribution in [-0.2, 0) is 14.6 Å². The molecular weight excluding hydrogens is 228 g/mol. The Bertz CT molecular complexity index is 517. The normalized spacial score (nSPS) is 12.8. The molecule has 1 rings (SSSR count). The number of aromatic nitrogens is 1. The molecule has 0 aliphatic rings. The van der Waals surface area contributed by atoms with Gasteiger partial charge in [-0.25, -0.2) is 8.42 Å². The summed E-state index contributed by atoms with van der Waals surface area (Å²) in [7, 11) is -3.40. The number of sulfone groups is 1. The van der Waals surface area contributed by atoms with Crippen molar-refractivity contribution in [3.63, 3.8) is 0 Å². The molecule has 0 saturated heterocycles. The molecule has 0 spiro atoms. The summed E-state index contributed by atoms with van der Waals surface area (Å²) in [6.45, 7) is 0. The zero-order valence-corrected chi connectivity index (χ0v) is 9.44. The van der Waals surface area contributed by atoms with Crippen molar-refractivity contribution in [3.05, 3.63) is 30.1 Å². The predicted octanol–water partition coefficient (Wildman–Crippen LogP) is 0.302. The van der Waals surface area contributed by atoms with Crippen LogP contribution in [0.1, 0.15) is 11.5 Å². The van der Waals surface area contributed by atoms with E-state index in [1.165, 1.54) is 24.5 Å². The van der Waals surface area contributed by atoms with Crippen LogP contribution >= 0.6 is 0 Å². The molecule has 16 heavy (non-hydrogen) atoms. The first-order valence-electron chi connectivity index (χ1n) is 4.44. The van der Waals surface area contributed by atoms with Crippen LogP contribution in [0.2, 0.25) is 0 Å². The van der Waals surface area contributed by atoms with Gasteiger partial charge in [-0.1, -0.05) is 0 Å². The molecule has 5 nitrogen and oxygen atoms in total. The first-order chi connectivity index (χ1) is 7.44. The standard InChI is InChI=1S/C10H10N2O3S/c1-16(14,15)7-10(13)9(6-11)8-2-4-12-5-3-8/h2-5,9H,7H2,1H3. The molecule has 1 atom stereocenters. The van der Waals surface area contributed by atoms with E-state index in [0.717, 1.165) is 6.26 Å². The van der Waals surface area contributed by atoms with Gasteiger partial charge in [0.25, 0.3) is 0 Å². The molecule has 0 bridgehead atoms. The molecule has 1 aromatic heterocycles. The Hall–Kier alpha value is -1.74. The minimum atomic E-state index is -3.40. The highest BCUT2D eigenvalue weighted by atomic mass is 32.2. The zero-order chi connectivity index (χ0) is 12.2. The van der Waals surface area contributed by atoms with Crippen LogP contribution in [0.5, 0.6) is 0 Å². The van der Waals surface area contributed by atoms with Crippen molar-refractivity contribution in [3.8, 4) is 6.07 Å². The third kappa shape index (κ3) is 3.44. The molecule has 6 heteroatoms. The lowest BCUT2D eigenvalue weighted by Gasteiger charge is -2.06. The average molecular weight is 238 g/mol. The zero-order valence-electron chi connectivity index (χ0n) is 8.62. The maximum atomic E-state index is 11.6. The van der Waals surface area contributed by atoms with Crippen molar-refractivity contribution in [2.45, 2.75) is 5.92 Å². The fourth-order valence-electron chi connectivity index (χ4n) is 1.23. The highest BCUT2D eigenvalue weighted by molar-refractivity contribution is 7.91. The van der Waals surface area contributed by atoms with Gasteiger partial charge in [-0.05, 0) is 17.7 Å². The van der Waals surface area contributed by atoms with Crippen LogP contribution in [0.15, 0.2) is 24.5 Å². The van der Waals surface area contributed by atoms with Gasteiger partial charge in [0, 0.05) is 18.6 Å². The maximum absolute atomic E-state index is 11.6. The van der Waals surface area contributed by atoms with Crippen LogP contribution in [0.4, 0.5) is 0 Å². The number of pyridine rings is 1. The molecule has 0 aromatic carbocycles. The van der Waals surface area contributed by atoms with E-state index in [1.807, 2.05) is 0 Å². The highest BCUT2D eigenvalue weighted by Crippen LogP contribution is 2.15. The monoisotopic (exact) mass is 238 g/mol. The number of Topliss-reactive ketones (excluding diaryl/α,β-unsaturated/α-hetero) is 1. The van der Waals surface area contributed by atoms with Gasteiger partial charge >= 0.3 is 0 Å². The largest absolute Gasteiger partial charge is 0.297 e.